The molecule has 3 N–H and O–H groups in total. The summed E-state index contributed by atoms with van der Waals surface area (Å²) >= 11 is 0. The standard InChI is InChI=1S/C15H13N5O3/c1-9-12(13-16-7-4-8-20(13)19-9)15(23)18-17-14(22)10-5-2-3-6-11(10)21/h2-8,21H,1H3,(H,17,22)(H,18,23). The van der Waals surface area contributed by atoms with Crippen LogP contribution in [0.3, 0.4) is 0 Å². The predicted molar refractivity (Wildman–Crippen MR) is 80.8 cm³/mol. The second-order valence-electron chi connectivity index (χ2n) is 4.77. The summed E-state index contributed by atoms with van der Waals surface area (Å²) in [6.07, 6.45) is 3.22. The van der Waals surface area contributed by atoms with Crippen LogP contribution >= 0.6 is 0 Å². The number of aromatic nitrogens is 3. The molecular weight excluding hydrogens is 298 g/mol. The van der Waals surface area contributed by atoms with Gasteiger partial charge in [0.1, 0.15) is 11.3 Å². The van der Waals surface area contributed by atoms with Gasteiger partial charge in [0.15, 0.2) is 5.65 Å². The molecule has 0 saturated heterocycles. The minimum Gasteiger partial charge on any atom is -0.507 e. The van der Waals surface area contributed by atoms with Crippen LogP contribution in [-0.2, 0) is 0 Å². The van der Waals surface area contributed by atoms with E-state index in [1.165, 1.54) is 16.6 Å². The van der Waals surface area contributed by atoms with Crippen LogP contribution in [0, 0.1) is 6.92 Å². The van der Waals surface area contributed by atoms with E-state index in [1.807, 2.05) is 0 Å². The molecule has 0 atom stereocenters. The lowest BCUT2D eigenvalue weighted by Gasteiger charge is -2.08. The third-order valence-corrected chi connectivity index (χ3v) is 3.24. The van der Waals surface area contributed by atoms with Crippen LogP contribution in [0.2, 0.25) is 0 Å². The number of hydrazine groups is 1. The van der Waals surface area contributed by atoms with Crippen LogP contribution in [0.5, 0.6) is 5.75 Å². The molecule has 1 aromatic carbocycles. The Morgan fingerprint density at radius 3 is 2.65 bits per heavy atom. The molecule has 2 heterocycles. The number of hydrogen-bond acceptors (Lipinski definition) is 5. The fourth-order valence-electron chi connectivity index (χ4n) is 2.17. The third kappa shape index (κ3) is 2.69. The highest BCUT2D eigenvalue weighted by Crippen LogP contribution is 2.15. The number of carbonyl (C=O) groups excluding carboxylic acids is 2. The van der Waals surface area contributed by atoms with Crippen LogP contribution < -0.4 is 10.9 Å². The molecule has 3 aromatic rings. The van der Waals surface area contributed by atoms with E-state index in [1.54, 1.807) is 37.5 Å². The number of para-hydroxylation sites is 1. The maximum Gasteiger partial charge on any atom is 0.275 e. The second kappa shape index (κ2) is 5.76. The summed E-state index contributed by atoms with van der Waals surface area (Å²) in [5, 5.41) is 13.8. The first-order chi connectivity index (χ1) is 11.1. The Bertz CT molecular complexity index is 903. The normalized spacial score (nSPS) is 10.5. The lowest BCUT2D eigenvalue weighted by atomic mass is 10.2. The van der Waals surface area contributed by atoms with E-state index in [2.05, 4.69) is 20.9 Å². The van der Waals surface area contributed by atoms with Gasteiger partial charge in [-0.2, -0.15) is 5.10 Å². The summed E-state index contributed by atoms with van der Waals surface area (Å²) in [5.74, 6) is -1.34. The fraction of sp³-hybridized carbons (Fsp3) is 0.0667. The zero-order chi connectivity index (χ0) is 16.4. The molecule has 0 aliphatic heterocycles. The molecule has 0 radical (unpaired) electrons. The van der Waals surface area contributed by atoms with E-state index in [4.69, 9.17) is 0 Å². The van der Waals surface area contributed by atoms with Gasteiger partial charge >= 0.3 is 0 Å². The number of benzene rings is 1. The molecule has 0 unspecified atom stereocenters. The van der Waals surface area contributed by atoms with E-state index in [9.17, 15) is 14.7 Å². The first-order valence-electron chi connectivity index (χ1n) is 6.76. The largest absolute Gasteiger partial charge is 0.507 e. The quantitative estimate of drug-likeness (QED) is 0.607. The number of hydrogen-bond donors (Lipinski definition) is 3. The van der Waals surface area contributed by atoms with E-state index in [0.717, 1.165) is 0 Å². The van der Waals surface area contributed by atoms with Crippen molar-refractivity contribution in [3.63, 3.8) is 0 Å². The monoisotopic (exact) mass is 311 g/mol. The van der Waals surface area contributed by atoms with Crippen molar-refractivity contribution >= 4 is 17.5 Å². The Morgan fingerprint density at radius 2 is 1.87 bits per heavy atom. The van der Waals surface area contributed by atoms with Crippen molar-refractivity contribution in [3.8, 4) is 5.75 Å². The molecule has 2 aromatic heterocycles. The van der Waals surface area contributed by atoms with Gasteiger partial charge in [-0.25, -0.2) is 9.50 Å². The van der Waals surface area contributed by atoms with Crippen molar-refractivity contribution in [2.75, 3.05) is 0 Å². The molecular formula is C15H13N5O3. The van der Waals surface area contributed by atoms with Crippen LogP contribution in [-0.4, -0.2) is 31.5 Å². The van der Waals surface area contributed by atoms with Gasteiger partial charge in [0.2, 0.25) is 0 Å². The zero-order valence-electron chi connectivity index (χ0n) is 12.1. The van der Waals surface area contributed by atoms with Crippen molar-refractivity contribution in [3.05, 3.63) is 59.5 Å². The zero-order valence-corrected chi connectivity index (χ0v) is 12.1. The Kier molecular flexibility index (Phi) is 3.63. The van der Waals surface area contributed by atoms with Gasteiger partial charge in [-0.1, -0.05) is 12.1 Å². The molecule has 8 heteroatoms. The molecule has 8 nitrogen and oxygen atoms in total. The lowest BCUT2D eigenvalue weighted by molar-refractivity contribution is 0.0845. The summed E-state index contributed by atoms with van der Waals surface area (Å²) in [6, 6.07) is 7.73. The lowest BCUT2D eigenvalue weighted by Crippen LogP contribution is -2.41. The second-order valence-corrected chi connectivity index (χ2v) is 4.77. The van der Waals surface area contributed by atoms with Gasteiger partial charge in [0, 0.05) is 12.4 Å². The van der Waals surface area contributed by atoms with Gasteiger partial charge in [-0.05, 0) is 25.1 Å². The maximum absolute atomic E-state index is 12.3. The predicted octanol–water partition coefficient (Wildman–Crippen LogP) is 0.818. The average Bonchev–Trinajstić information content (AvgIpc) is 2.88. The van der Waals surface area contributed by atoms with Crippen molar-refractivity contribution in [1.82, 2.24) is 25.4 Å². The molecule has 116 valence electrons. The minimum absolute atomic E-state index is 0.0579. The minimum atomic E-state index is -0.626. The van der Waals surface area contributed by atoms with Crippen molar-refractivity contribution < 1.29 is 14.7 Å². The van der Waals surface area contributed by atoms with Crippen molar-refractivity contribution in [2.45, 2.75) is 6.92 Å². The topological polar surface area (TPSA) is 109 Å². The Morgan fingerprint density at radius 1 is 1.13 bits per heavy atom. The number of nitrogens with zero attached hydrogens (tertiary/aromatic N) is 3. The van der Waals surface area contributed by atoms with E-state index >= 15 is 0 Å². The molecule has 0 spiro atoms. The number of aromatic hydroxyl groups is 1. The highest BCUT2D eigenvalue weighted by Gasteiger charge is 2.19. The molecule has 23 heavy (non-hydrogen) atoms. The summed E-state index contributed by atoms with van der Waals surface area (Å²) in [6.45, 7) is 1.68. The number of rotatable bonds is 2. The maximum atomic E-state index is 12.3. The van der Waals surface area contributed by atoms with E-state index in [-0.39, 0.29) is 16.9 Å². The molecule has 0 aliphatic carbocycles. The smallest absolute Gasteiger partial charge is 0.275 e. The van der Waals surface area contributed by atoms with Gasteiger partial charge < -0.3 is 5.11 Å². The van der Waals surface area contributed by atoms with Crippen molar-refractivity contribution in [1.29, 1.82) is 0 Å². The Balaban J connectivity index is 1.78. The number of aryl methyl sites for hydroxylation is 1. The van der Waals surface area contributed by atoms with Crippen LogP contribution in [0.4, 0.5) is 0 Å². The van der Waals surface area contributed by atoms with Gasteiger partial charge in [-0.3, -0.25) is 20.4 Å². The Labute approximate surface area is 130 Å². The van der Waals surface area contributed by atoms with Crippen molar-refractivity contribution in [2.24, 2.45) is 0 Å². The SMILES string of the molecule is Cc1nn2cccnc2c1C(=O)NNC(=O)c1ccccc1O. The number of amides is 2. The Hall–Kier alpha value is -3.42. The average molecular weight is 311 g/mol. The van der Waals surface area contributed by atoms with Crippen LogP contribution in [0.25, 0.3) is 5.65 Å². The van der Waals surface area contributed by atoms with Crippen LogP contribution in [0.1, 0.15) is 26.4 Å². The number of phenols is 1. The molecule has 0 aliphatic rings. The summed E-state index contributed by atoms with van der Waals surface area (Å²) < 4.78 is 1.48. The van der Waals surface area contributed by atoms with Gasteiger partial charge in [-0.15, -0.1) is 0 Å². The third-order valence-electron chi connectivity index (χ3n) is 3.24. The fourth-order valence-corrected chi connectivity index (χ4v) is 2.17. The van der Waals surface area contributed by atoms with E-state index in [0.29, 0.717) is 11.3 Å². The number of fused-ring (bicyclic) bond motifs is 1. The first-order valence-corrected chi connectivity index (χ1v) is 6.76. The van der Waals surface area contributed by atoms with E-state index < -0.39 is 11.8 Å². The molecule has 0 bridgehead atoms. The molecule has 3 rings (SSSR count). The number of phenolic OH excluding ortho intramolecular Hbond substituents is 1. The molecule has 0 saturated carbocycles. The van der Waals surface area contributed by atoms with Gasteiger partial charge in [0.25, 0.3) is 11.8 Å². The summed E-state index contributed by atoms with van der Waals surface area (Å²) in [4.78, 5) is 28.4. The summed E-state index contributed by atoms with van der Waals surface area (Å²) in [5.41, 5.74) is 5.75. The number of carbonyl (C=O) groups is 2. The highest BCUT2D eigenvalue weighted by atomic mass is 16.3. The highest BCUT2D eigenvalue weighted by molar-refractivity contribution is 6.03. The first kappa shape index (κ1) is 14.5. The summed E-state index contributed by atoms with van der Waals surface area (Å²) in [7, 11) is 0. The molecule has 2 amide bonds. The van der Waals surface area contributed by atoms with Crippen LogP contribution in [0.15, 0.2) is 42.7 Å². The number of nitrogens with one attached hydrogen (secondary N) is 2. The molecule has 0 fully saturated rings. The van der Waals surface area contributed by atoms with Gasteiger partial charge in [0.05, 0.1) is 11.3 Å².